The van der Waals surface area contributed by atoms with Crippen LogP contribution in [0.4, 0.5) is 4.39 Å². The molecule has 0 bridgehead atoms. The fourth-order valence-electron chi connectivity index (χ4n) is 2.97. The SMILES string of the molecule is O=C(c1cnc(Oc2ccc(F)cc2)c2ccccc12)N1CCOCC1. The molecule has 1 fully saturated rings. The zero-order valence-corrected chi connectivity index (χ0v) is 14.0. The molecule has 26 heavy (non-hydrogen) atoms. The minimum Gasteiger partial charge on any atom is -0.438 e. The van der Waals surface area contributed by atoms with Crippen LogP contribution in [-0.2, 0) is 4.74 Å². The Bertz CT molecular complexity index is 937. The van der Waals surface area contributed by atoms with E-state index < -0.39 is 0 Å². The molecular formula is C20H17FN2O3. The quantitative estimate of drug-likeness (QED) is 0.722. The Kier molecular flexibility index (Phi) is 4.50. The molecule has 5 nitrogen and oxygen atoms in total. The summed E-state index contributed by atoms with van der Waals surface area (Å²) in [6, 6.07) is 13.2. The topological polar surface area (TPSA) is 51.7 Å². The van der Waals surface area contributed by atoms with Gasteiger partial charge in [0, 0.05) is 30.1 Å². The lowest BCUT2D eigenvalue weighted by Gasteiger charge is -2.27. The Hall–Kier alpha value is -2.99. The van der Waals surface area contributed by atoms with Crippen molar-refractivity contribution in [2.45, 2.75) is 0 Å². The summed E-state index contributed by atoms with van der Waals surface area (Å²) in [5.74, 6) is 0.467. The van der Waals surface area contributed by atoms with Crippen LogP contribution in [0.15, 0.2) is 54.7 Å². The van der Waals surface area contributed by atoms with Crippen molar-refractivity contribution in [3.63, 3.8) is 0 Å². The molecule has 1 aromatic heterocycles. The van der Waals surface area contributed by atoms with Gasteiger partial charge < -0.3 is 14.4 Å². The number of morpholine rings is 1. The monoisotopic (exact) mass is 352 g/mol. The molecular weight excluding hydrogens is 335 g/mol. The molecule has 0 radical (unpaired) electrons. The number of rotatable bonds is 3. The van der Waals surface area contributed by atoms with E-state index in [-0.39, 0.29) is 11.7 Å². The van der Waals surface area contributed by atoms with Gasteiger partial charge in [0.05, 0.1) is 18.8 Å². The minimum absolute atomic E-state index is 0.0645. The number of carbonyl (C=O) groups is 1. The molecule has 0 N–H and O–H groups in total. The van der Waals surface area contributed by atoms with Gasteiger partial charge >= 0.3 is 0 Å². The second-order valence-corrected chi connectivity index (χ2v) is 5.98. The van der Waals surface area contributed by atoms with Gasteiger partial charge in [0.1, 0.15) is 11.6 Å². The average molecular weight is 352 g/mol. The van der Waals surface area contributed by atoms with E-state index in [9.17, 15) is 9.18 Å². The number of ether oxygens (including phenoxy) is 2. The number of halogens is 1. The van der Waals surface area contributed by atoms with Crippen molar-refractivity contribution in [3.8, 4) is 11.6 Å². The highest BCUT2D eigenvalue weighted by atomic mass is 19.1. The van der Waals surface area contributed by atoms with Gasteiger partial charge in [-0.1, -0.05) is 18.2 Å². The zero-order chi connectivity index (χ0) is 17.9. The number of hydrogen-bond donors (Lipinski definition) is 0. The van der Waals surface area contributed by atoms with Crippen LogP contribution in [0.1, 0.15) is 10.4 Å². The largest absolute Gasteiger partial charge is 0.438 e. The van der Waals surface area contributed by atoms with Gasteiger partial charge in [0.25, 0.3) is 5.91 Å². The maximum absolute atomic E-state index is 13.1. The van der Waals surface area contributed by atoms with Gasteiger partial charge in [0.15, 0.2) is 0 Å². The minimum atomic E-state index is -0.332. The summed E-state index contributed by atoms with van der Waals surface area (Å²) in [6.07, 6.45) is 1.54. The van der Waals surface area contributed by atoms with E-state index in [4.69, 9.17) is 9.47 Å². The average Bonchev–Trinajstić information content (AvgIpc) is 2.70. The number of aromatic nitrogens is 1. The molecule has 1 saturated heterocycles. The molecule has 1 amide bonds. The summed E-state index contributed by atoms with van der Waals surface area (Å²) in [5.41, 5.74) is 0.536. The number of hydrogen-bond acceptors (Lipinski definition) is 4. The molecule has 0 aliphatic carbocycles. The summed E-state index contributed by atoms with van der Waals surface area (Å²) < 4.78 is 24.2. The van der Waals surface area contributed by atoms with Crippen LogP contribution in [0.3, 0.4) is 0 Å². The second kappa shape index (κ2) is 7.09. The lowest BCUT2D eigenvalue weighted by atomic mass is 10.1. The lowest BCUT2D eigenvalue weighted by molar-refractivity contribution is 0.0304. The van der Waals surface area contributed by atoms with Crippen molar-refractivity contribution in [2.24, 2.45) is 0 Å². The van der Waals surface area contributed by atoms with E-state index in [2.05, 4.69) is 4.98 Å². The third-order valence-electron chi connectivity index (χ3n) is 4.32. The molecule has 1 aliphatic rings. The number of pyridine rings is 1. The Morgan fingerprint density at radius 3 is 2.46 bits per heavy atom. The van der Waals surface area contributed by atoms with Crippen LogP contribution in [0.2, 0.25) is 0 Å². The number of benzene rings is 2. The summed E-state index contributed by atoms with van der Waals surface area (Å²) in [4.78, 5) is 19.0. The van der Waals surface area contributed by atoms with Crippen molar-refractivity contribution < 1.29 is 18.7 Å². The Labute approximate surface area is 150 Å². The van der Waals surface area contributed by atoms with E-state index in [1.165, 1.54) is 12.1 Å². The van der Waals surface area contributed by atoms with Crippen molar-refractivity contribution in [3.05, 3.63) is 66.1 Å². The molecule has 0 atom stereocenters. The van der Waals surface area contributed by atoms with Gasteiger partial charge in [-0.05, 0) is 30.3 Å². The zero-order valence-electron chi connectivity index (χ0n) is 14.0. The molecule has 132 valence electrons. The van der Waals surface area contributed by atoms with Crippen LogP contribution in [0, 0.1) is 5.82 Å². The molecule has 2 aromatic carbocycles. The fraction of sp³-hybridized carbons (Fsp3) is 0.200. The van der Waals surface area contributed by atoms with Crippen LogP contribution in [-0.4, -0.2) is 42.1 Å². The first-order valence-electron chi connectivity index (χ1n) is 8.40. The van der Waals surface area contributed by atoms with E-state index in [1.807, 2.05) is 24.3 Å². The molecule has 2 heterocycles. The smallest absolute Gasteiger partial charge is 0.256 e. The van der Waals surface area contributed by atoms with Gasteiger partial charge in [-0.2, -0.15) is 0 Å². The molecule has 0 saturated carbocycles. The van der Waals surface area contributed by atoms with E-state index in [1.54, 1.807) is 23.2 Å². The van der Waals surface area contributed by atoms with Crippen molar-refractivity contribution in [2.75, 3.05) is 26.3 Å². The Morgan fingerprint density at radius 1 is 1.04 bits per heavy atom. The van der Waals surface area contributed by atoms with Crippen molar-refractivity contribution in [1.29, 1.82) is 0 Å². The first kappa shape index (κ1) is 16.5. The highest BCUT2D eigenvalue weighted by Gasteiger charge is 2.22. The molecule has 4 rings (SSSR count). The Balaban J connectivity index is 1.71. The second-order valence-electron chi connectivity index (χ2n) is 5.98. The van der Waals surface area contributed by atoms with Crippen molar-refractivity contribution in [1.82, 2.24) is 9.88 Å². The van der Waals surface area contributed by atoms with Gasteiger partial charge in [-0.15, -0.1) is 0 Å². The summed E-state index contributed by atoms with van der Waals surface area (Å²) in [7, 11) is 0. The van der Waals surface area contributed by atoms with E-state index in [0.717, 1.165) is 10.8 Å². The highest BCUT2D eigenvalue weighted by molar-refractivity contribution is 6.07. The predicted octanol–water partition coefficient (Wildman–Crippen LogP) is 3.64. The van der Waals surface area contributed by atoms with E-state index >= 15 is 0 Å². The maximum atomic E-state index is 13.1. The Morgan fingerprint density at radius 2 is 1.73 bits per heavy atom. The number of amides is 1. The van der Waals surface area contributed by atoms with Gasteiger partial charge in [0.2, 0.25) is 5.88 Å². The predicted molar refractivity (Wildman–Crippen MR) is 94.9 cm³/mol. The number of fused-ring (bicyclic) bond motifs is 1. The summed E-state index contributed by atoms with van der Waals surface area (Å²) in [6.45, 7) is 2.23. The highest BCUT2D eigenvalue weighted by Crippen LogP contribution is 2.30. The van der Waals surface area contributed by atoms with Gasteiger partial charge in [-0.25, -0.2) is 9.37 Å². The first-order chi connectivity index (χ1) is 12.7. The maximum Gasteiger partial charge on any atom is 0.256 e. The van der Waals surface area contributed by atoms with Crippen LogP contribution in [0.25, 0.3) is 10.8 Å². The first-order valence-corrected chi connectivity index (χ1v) is 8.40. The summed E-state index contributed by atoms with van der Waals surface area (Å²) >= 11 is 0. The van der Waals surface area contributed by atoms with Crippen LogP contribution < -0.4 is 4.74 Å². The normalized spacial score (nSPS) is 14.4. The van der Waals surface area contributed by atoms with E-state index in [0.29, 0.717) is 43.5 Å². The molecule has 1 aliphatic heterocycles. The fourth-order valence-corrected chi connectivity index (χ4v) is 2.97. The van der Waals surface area contributed by atoms with Gasteiger partial charge in [-0.3, -0.25) is 4.79 Å². The van der Waals surface area contributed by atoms with Crippen LogP contribution in [0.5, 0.6) is 11.6 Å². The number of nitrogens with zero attached hydrogens (tertiary/aromatic N) is 2. The standard InChI is InChI=1S/C20H17FN2O3/c21-14-5-7-15(8-6-14)26-19-17-4-2-1-3-16(17)18(13-22-19)20(24)23-9-11-25-12-10-23/h1-8,13H,9-12H2. The summed E-state index contributed by atoms with van der Waals surface area (Å²) in [5, 5.41) is 1.51. The third-order valence-corrected chi connectivity index (χ3v) is 4.32. The third kappa shape index (κ3) is 3.23. The van der Waals surface area contributed by atoms with Crippen molar-refractivity contribution >= 4 is 16.7 Å². The van der Waals surface area contributed by atoms with Crippen LogP contribution >= 0.6 is 0 Å². The molecule has 3 aromatic rings. The molecule has 0 unspecified atom stereocenters. The lowest BCUT2D eigenvalue weighted by Crippen LogP contribution is -2.40. The molecule has 0 spiro atoms. The molecule has 6 heteroatoms. The number of carbonyl (C=O) groups excluding carboxylic acids is 1.